The van der Waals surface area contributed by atoms with Gasteiger partial charge in [-0.15, -0.1) is 13.2 Å². The lowest BCUT2D eigenvalue weighted by Gasteiger charge is -2.00. The molecule has 2 N–H and O–H groups in total. The molecule has 0 spiro atoms. The van der Waals surface area contributed by atoms with Gasteiger partial charge in [-0.05, 0) is 32.0 Å². The molecule has 5 heteroatoms. The molecule has 0 radical (unpaired) electrons. The van der Waals surface area contributed by atoms with Gasteiger partial charge in [-0.3, -0.25) is 4.68 Å². The fourth-order valence-electron chi connectivity index (χ4n) is 2.31. The molecule has 0 atom stereocenters. The molecule has 142 valence electrons. The molecule has 5 nitrogen and oxygen atoms in total. The molecule has 0 aliphatic heterocycles. The van der Waals surface area contributed by atoms with E-state index in [0.29, 0.717) is 6.54 Å². The minimum atomic E-state index is 0.704. The Kier molecular flexibility index (Phi) is 12.2. The molecule has 26 heavy (non-hydrogen) atoms. The number of benzene rings is 1. The van der Waals surface area contributed by atoms with E-state index >= 15 is 0 Å². The molecule has 3 rings (SSSR count). The van der Waals surface area contributed by atoms with E-state index in [-0.39, 0.29) is 0 Å². The molecule has 1 aromatic carbocycles. The standard InChI is InChI=1S/C16H17N3O.C2H6.C2H4.CH5N/c1-12-16(13(2)20-18-12)11-19-10-15(9-17-19)8-14-6-4-3-5-7-14;3*1-2/h3-7,9-10H,8,11H2,1-2H3;1-2H3;1-2H2;2H2,1H3. The average Bonchev–Trinajstić information content (AvgIpc) is 3.29. The molecule has 0 saturated heterocycles. The molecule has 0 bridgehead atoms. The number of aryl methyl sites for hydroxylation is 2. The van der Waals surface area contributed by atoms with Crippen molar-refractivity contribution < 1.29 is 4.52 Å². The van der Waals surface area contributed by atoms with Crippen molar-refractivity contribution >= 4 is 0 Å². The maximum absolute atomic E-state index is 5.18. The molecule has 0 aliphatic rings. The second-order valence-electron chi connectivity index (χ2n) is 5.01. The van der Waals surface area contributed by atoms with E-state index in [1.807, 2.05) is 44.6 Å². The second kappa shape index (κ2) is 13.6. The van der Waals surface area contributed by atoms with E-state index in [4.69, 9.17) is 4.52 Å². The van der Waals surface area contributed by atoms with Gasteiger partial charge >= 0.3 is 0 Å². The summed E-state index contributed by atoms with van der Waals surface area (Å²) in [6, 6.07) is 10.4. The molecule has 0 saturated carbocycles. The van der Waals surface area contributed by atoms with Crippen LogP contribution in [0.15, 0.2) is 60.4 Å². The van der Waals surface area contributed by atoms with Crippen molar-refractivity contribution in [3.8, 4) is 0 Å². The van der Waals surface area contributed by atoms with Crippen molar-refractivity contribution in [2.24, 2.45) is 5.73 Å². The Bertz CT molecular complexity index is 697. The highest BCUT2D eigenvalue weighted by atomic mass is 16.5. The van der Waals surface area contributed by atoms with E-state index in [2.05, 4.69) is 59.6 Å². The van der Waals surface area contributed by atoms with Crippen LogP contribution in [0.3, 0.4) is 0 Å². The van der Waals surface area contributed by atoms with Gasteiger partial charge in [0.15, 0.2) is 0 Å². The van der Waals surface area contributed by atoms with Gasteiger partial charge in [-0.1, -0.05) is 49.3 Å². The number of rotatable bonds is 4. The summed E-state index contributed by atoms with van der Waals surface area (Å²) in [5.74, 6) is 0.864. The largest absolute Gasteiger partial charge is 0.361 e. The summed E-state index contributed by atoms with van der Waals surface area (Å²) in [4.78, 5) is 0. The van der Waals surface area contributed by atoms with Crippen molar-refractivity contribution in [2.75, 3.05) is 7.05 Å². The first kappa shape index (κ1) is 23.3. The summed E-state index contributed by atoms with van der Waals surface area (Å²) in [7, 11) is 1.50. The quantitative estimate of drug-likeness (QED) is 0.697. The lowest BCUT2D eigenvalue weighted by Crippen LogP contribution is -2.01. The molecule has 0 aliphatic carbocycles. The first-order chi connectivity index (χ1) is 12.7. The van der Waals surface area contributed by atoms with Crippen molar-refractivity contribution in [2.45, 2.75) is 40.7 Å². The zero-order valence-corrected chi connectivity index (χ0v) is 16.7. The van der Waals surface area contributed by atoms with Crippen molar-refractivity contribution in [1.82, 2.24) is 14.9 Å². The van der Waals surface area contributed by atoms with Gasteiger partial charge in [-0.25, -0.2) is 0 Å². The summed E-state index contributed by atoms with van der Waals surface area (Å²) in [6.07, 6.45) is 4.91. The Balaban J connectivity index is 0.000000948. The van der Waals surface area contributed by atoms with Gasteiger partial charge in [0.25, 0.3) is 0 Å². The summed E-state index contributed by atoms with van der Waals surface area (Å²) < 4.78 is 7.11. The Morgan fingerprint density at radius 3 is 2.19 bits per heavy atom. The maximum Gasteiger partial charge on any atom is 0.138 e. The number of nitrogens with zero attached hydrogens (tertiary/aromatic N) is 3. The normalized spacial score (nSPS) is 9.00. The number of aromatic nitrogens is 3. The smallest absolute Gasteiger partial charge is 0.138 e. The van der Waals surface area contributed by atoms with E-state index in [1.54, 1.807) is 0 Å². The van der Waals surface area contributed by atoms with E-state index in [0.717, 1.165) is 23.4 Å². The van der Waals surface area contributed by atoms with Gasteiger partial charge in [0, 0.05) is 18.2 Å². The number of hydrogen-bond donors (Lipinski definition) is 1. The summed E-state index contributed by atoms with van der Waals surface area (Å²) >= 11 is 0. The first-order valence-electron chi connectivity index (χ1n) is 8.77. The Morgan fingerprint density at radius 2 is 1.65 bits per heavy atom. The second-order valence-corrected chi connectivity index (χ2v) is 5.01. The Morgan fingerprint density at radius 1 is 1.04 bits per heavy atom. The van der Waals surface area contributed by atoms with Gasteiger partial charge in [0.2, 0.25) is 0 Å². The molecular formula is C21H32N4O. The Labute approximate surface area is 157 Å². The van der Waals surface area contributed by atoms with Gasteiger partial charge in [0.1, 0.15) is 5.76 Å². The highest BCUT2D eigenvalue weighted by Crippen LogP contribution is 2.14. The van der Waals surface area contributed by atoms with Crippen molar-refractivity contribution in [3.63, 3.8) is 0 Å². The summed E-state index contributed by atoms with van der Waals surface area (Å²) in [6.45, 7) is 14.6. The molecule has 0 fully saturated rings. The predicted molar refractivity (Wildman–Crippen MR) is 109 cm³/mol. The SMILES string of the molecule is C=C.CC.CN.Cc1noc(C)c1Cn1cc(Cc2ccccc2)cn1. The minimum absolute atomic E-state index is 0.704. The van der Waals surface area contributed by atoms with E-state index < -0.39 is 0 Å². The third kappa shape index (κ3) is 7.07. The van der Waals surface area contributed by atoms with E-state index in [9.17, 15) is 0 Å². The third-order valence-corrected chi connectivity index (χ3v) is 3.44. The first-order valence-corrected chi connectivity index (χ1v) is 8.77. The molecule has 2 heterocycles. The lowest BCUT2D eigenvalue weighted by atomic mass is 10.1. The van der Waals surface area contributed by atoms with Crippen LogP contribution < -0.4 is 5.73 Å². The maximum atomic E-state index is 5.18. The highest BCUT2D eigenvalue weighted by molar-refractivity contribution is 5.24. The Hall–Kier alpha value is -2.66. The van der Waals surface area contributed by atoms with E-state index in [1.165, 1.54) is 18.2 Å². The van der Waals surface area contributed by atoms with Crippen molar-refractivity contribution in [1.29, 1.82) is 0 Å². The fourth-order valence-corrected chi connectivity index (χ4v) is 2.31. The summed E-state index contributed by atoms with van der Waals surface area (Å²) in [5, 5.41) is 8.39. The minimum Gasteiger partial charge on any atom is -0.361 e. The predicted octanol–water partition coefficient (Wildman–Crippen LogP) is 4.53. The fraction of sp³-hybridized carbons (Fsp3) is 0.333. The molecule has 2 aromatic heterocycles. The van der Waals surface area contributed by atoms with Crippen LogP contribution in [0.1, 0.15) is 42.0 Å². The van der Waals surface area contributed by atoms with Crippen LogP contribution in [0.4, 0.5) is 0 Å². The zero-order chi connectivity index (χ0) is 19.9. The van der Waals surface area contributed by atoms with Crippen molar-refractivity contribution in [3.05, 3.63) is 84.0 Å². The number of hydrogen-bond acceptors (Lipinski definition) is 4. The molecular weight excluding hydrogens is 324 g/mol. The average molecular weight is 357 g/mol. The van der Waals surface area contributed by atoms with Crippen LogP contribution in [0.5, 0.6) is 0 Å². The molecule has 3 aromatic rings. The van der Waals surface area contributed by atoms with Crippen LogP contribution in [0.25, 0.3) is 0 Å². The number of nitrogens with two attached hydrogens (primary N) is 1. The van der Waals surface area contributed by atoms with Crippen LogP contribution in [-0.2, 0) is 13.0 Å². The van der Waals surface area contributed by atoms with Gasteiger partial charge < -0.3 is 10.3 Å². The zero-order valence-electron chi connectivity index (χ0n) is 16.7. The monoisotopic (exact) mass is 356 g/mol. The van der Waals surface area contributed by atoms with Gasteiger partial charge in [0.05, 0.1) is 18.4 Å². The van der Waals surface area contributed by atoms with Crippen LogP contribution in [-0.4, -0.2) is 22.0 Å². The van der Waals surface area contributed by atoms with Crippen LogP contribution in [0.2, 0.25) is 0 Å². The molecule has 0 unspecified atom stereocenters. The van der Waals surface area contributed by atoms with Gasteiger partial charge in [-0.2, -0.15) is 5.10 Å². The van der Waals surface area contributed by atoms with Crippen LogP contribution >= 0.6 is 0 Å². The van der Waals surface area contributed by atoms with Crippen LogP contribution in [0, 0.1) is 13.8 Å². The third-order valence-electron chi connectivity index (χ3n) is 3.44. The highest BCUT2D eigenvalue weighted by Gasteiger charge is 2.10. The molecule has 0 amide bonds. The summed E-state index contributed by atoms with van der Waals surface area (Å²) in [5.41, 5.74) is 9.05. The topological polar surface area (TPSA) is 69.9 Å². The lowest BCUT2D eigenvalue weighted by molar-refractivity contribution is 0.391.